The zero-order chi connectivity index (χ0) is 22.9. The number of anilines is 1. The van der Waals surface area contributed by atoms with Crippen molar-refractivity contribution in [3.05, 3.63) is 70.4 Å². The van der Waals surface area contributed by atoms with Gasteiger partial charge in [-0.2, -0.15) is 0 Å². The number of rotatable bonds is 11. The molecule has 0 aliphatic carbocycles. The molecule has 5 heteroatoms. The van der Waals surface area contributed by atoms with Gasteiger partial charge in [0.25, 0.3) is 0 Å². The predicted molar refractivity (Wildman–Crippen MR) is 143 cm³/mol. The van der Waals surface area contributed by atoms with Gasteiger partial charge >= 0.3 is 123 Å². The second-order valence-electron chi connectivity index (χ2n) is 8.14. The van der Waals surface area contributed by atoms with Gasteiger partial charge in [-0.3, -0.25) is 0 Å². The molecule has 0 spiro atoms. The second kappa shape index (κ2) is 12.0. The zero-order valence-corrected chi connectivity index (χ0v) is 20.1. The number of aromatic nitrogens is 1. The van der Waals surface area contributed by atoms with E-state index in [2.05, 4.69) is 43.1 Å². The van der Waals surface area contributed by atoms with Gasteiger partial charge in [0.15, 0.2) is 0 Å². The molecule has 1 unspecified atom stereocenters. The Morgan fingerprint density at radius 1 is 1.03 bits per heavy atom. The molecule has 1 atom stereocenters. The Bertz CT molecular complexity index is 1060. The van der Waals surface area contributed by atoms with Gasteiger partial charge in [0.05, 0.1) is 0 Å². The fourth-order valence-corrected chi connectivity index (χ4v) is 3.99. The molecule has 1 aromatic heterocycles. The quantitative estimate of drug-likeness (QED) is 0.352. The molecule has 3 rings (SSSR count). The van der Waals surface area contributed by atoms with Crippen LogP contribution in [0.5, 0.6) is 0 Å². The second-order valence-corrected chi connectivity index (χ2v) is 8.57. The van der Waals surface area contributed by atoms with Crippen LogP contribution in [-0.2, 0) is 0 Å². The number of halogens is 1. The monoisotopic (exact) mass is 444 g/mol. The van der Waals surface area contributed by atoms with Crippen molar-refractivity contribution in [2.75, 3.05) is 25.0 Å². The Balaban J connectivity index is 1.79. The minimum absolute atomic E-state index is 0.365. The predicted octanol–water partition coefficient (Wildman–Crippen LogP) is 6.30. The van der Waals surface area contributed by atoms with Crippen molar-refractivity contribution < 1.29 is 0 Å². The van der Waals surface area contributed by atoms with Crippen molar-refractivity contribution in [3.63, 3.8) is 0 Å². The summed E-state index contributed by atoms with van der Waals surface area (Å²) in [6.07, 6.45) is 6.39. The van der Waals surface area contributed by atoms with Gasteiger partial charge < -0.3 is 4.90 Å². The van der Waals surface area contributed by atoms with E-state index < -0.39 is 0 Å². The standard InChI is InChI=1S/C27H32BClN3/c1-4-32(5-2)16-6-7-20(3)30-27-18-24(31-26-17-23(29)13-15-25(26)27)14-12-21-8-10-22(19-28)11-9-21/h8-15,17-20H,4-7,16H2,1-3H3,(H,30,31). The van der Waals surface area contributed by atoms with Gasteiger partial charge in [-0.1, -0.05) is 25.4 Å². The first-order chi connectivity index (χ1) is 15.5. The average molecular weight is 445 g/mol. The topological polar surface area (TPSA) is 28.2 Å². The van der Waals surface area contributed by atoms with Gasteiger partial charge in [0.1, 0.15) is 0 Å². The van der Waals surface area contributed by atoms with E-state index in [1.807, 2.05) is 48.5 Å². The Labute approximate surface area is 198 Å². The number of hydrogen-bond acceptors (Lipinski definition) is 3. The first kappa shape index (κ1) is 24.2. The van der Waals surface area contributed by atoms with Crippen molar-refractivity contribution in [1.82, 2.24) is 9.88 Å². The summed E-state index contributed by atoms with van der Waals surface area (Å²) in [4.78, 5) is 7.29. The van der Waals surface area contributed by atoms with Crippen LogP contribution in [0.3, 0.4) is 0 Å². The fraction of sp³-hybridized carbons (Fsp3) is 0.333. The van der Waals surface area contributed by atoms with Gasteiger partial charge in [-0.25, -0.2) is 0 Å². The van der Waals surface area contributed by atoms with E-state index in [0.29, 0.717) is 11.1 Å². The summed E-state index contributed by atoms with van der Waals surface area (Å²) in [5.74, 6) is 1.60. The Kier molecular flexibility index (Phi) is 9.07. The first-order valence-corrected chi connectivity index (χ1v) is 11.8. The van der Waals surface area contributed by atoms with Crippen LogP contribution in [0.1, 0.15) is 50.4 Å². The van der Waals surface area contributed by atoms with Crippen LogP contribution in [0.15, 0.2) is 48.5 Å². The average Bonchev–Trinajstić information content (AvgIpc) is 2.80. The van der Waals surface area contributed by atoms with E-state index in [1.165, 1.54) is 6.42 Å². The summed E-state index contributed by atoms with van der Waals surface area (Å²) >= 11 is 6.26. The molecule has 3 aromatic rings. The summed E-state index contributed by atoms with van der Waals surface area (Å²) in [7, 11) is 5.57. The SMILES string of the molecule is [B]=Cc1ccc(C=Cc2cc(NC(C)CCCN(CC)CC)c3ccc(Cl)cc3n2)cc1. The summed E-state index contributed by atoms with van der Waals surface area (Å²) < 4.78 is 0. The van der Waals surface area contributed by atoms with Gasteiger partial charge in [-0.05, 0) is 45.5 Å². The molecule has 0 aliphatic rings. The number of hydrogen-bond donors (Lipinski definition) is 1. The van der Waals surface area contributed by atoms with Crippen LogP contribution in [0.4, 0.5) is 5.69 Å². The number of nitrogens with one attached hydrogen (secondary N) is 1. The van der Waals surface area contributed by atoms with Crippen LogP contribution < -0.4 is 5.32 Å². The number of pyridine rings is 1. The third-order valence-electron chi connectivity index (χ3n) is 5.77. The number of benzene rings is 2. The van der Waals surface area contributed by atoms with E-state index >= 15 is 0 Å². The third-order valence-corrected chi connectivity index (χ3v) is 6.01. The van der Waals surface area contributed by atoms with Crippen LogP contribution in [0.25, 0.3) is 23.1 Å². The van der Waals surface area contributed by atoms with Gasteiger partial charge in [0.2, 0.25) is 0 Å². The first-order valence-electron chi connectivity index (χ1n) is 11.4. The van der Waals surface area contributed by atoms with Crippen molar-refractivity contribution in [1.29, 1.82) is 0 Å². The molecule has 1 heterocycles. The summed E-state index contributed by atoms with van der Waals surface area (Å²) in [6.45, 7) is 10.0. The molecule has 0 saturated carbocycles. The van der Waals surface area contributed by atoms with Crippen LogP contribution in [0.2, 0.25) is 5.02 Å². The molecular weight excluding hydrogens is 413 g/mol. The summed E-state index contributed by atoms with van der Waals surface area (Å²) in [5, 5.41) is 5.49. The summed E-state index contributed by atoms with van der Waals surface area (Å²) in [5.41, 5.74) is 4.98. The number of nitrogens with zero attached hydrogens (tertiary/aromatic N) is 2. The summed E-state index contributed by atoms with van der Waals surface area (Å²) in [6, 6.07) is 16.5. The van der Waals surface area contributed by atoms with E-state index in [-0.39, 0.29) is 0 Å². The maximum absolute atomic E-state index is 6.26. The van der Waals surface area contributed by atoms with Crippen molar-refractivity contribution in [2.24, 2.45) is 0 Å². The molecule has 0 saturated heterocycles. The van der Waals surface area contributed by atoms with Crippen LogP contribution in [0, 0.1) is 0 Å². The zero-order valence-electron chi connectivity index (χ0n) is 19.3. The van der Waals surface area contributed by atoms with E-state index in [4.69, 9.17) is 24.1 Å². The van der Waals surface area contributed by atoms with E-state index in [9.17, 15) is 0 Å². The molecule has 165 valence electrons. The normalized spacial score (nSPS) is 12.5. The molecule has 32 heavy (non-hydrogen) atoms. The minimum atomic E-state index is 0.365. The Morgan fingerprint density at radius 2 is 1.75 bits per heavy atom. The Morgan fingerprint density at radius 3 is 2.44 bits per heavy atom. The van der Waals surface area contributed by atoms with E-state index in [0.717, 1.165) is 59.5 Å². The van der Waals surface area contributed by atoms with E-state index in [1.54, 1.807) is 5.97 Å². The molecule has 1 N–H and O–H groups in total. The Hall–Kier alpha value is -2.43. The molecule has 1 radical (unpaired) electrons. The fourth-order valence-electron chi connectivity index (χ4n) is 3.83. The van der Waals surface area contributed by atoms with Crippen molar-refractivity contribution >= 4 is 53.8 Å². The molecule has 0 fully saturated rings. The third kappa shape index (κ3) is 6.78. The van der Waals surface area contributed by atoms with Crippen LogP contribution >= 0.6 is 11.6 Å². The number of fused-ring (bicyclic) bond motifs is 1. The van der Waals surface area contributed by atoms with Crippen molar-refractivity contribution in [2.45, 2.75) is 39.7 Å². The molecule has 0 aliphatic heterocycles. The molecule has 3 nitrogen and oxygen atoms in total. The molecule has 2 aromatic carbocycles. The maximum atomic E-state index is 6.26. The van der Waals surface area contributed by atoms with Gasteiger partial charge in [-0.15, -0.1) is 0 Å². The van der Waals surface area contributed by atoms with Gasteiger partial charge in [0, 0.05) is 0 Å². The van der Waals surface area contributed by atoms with Crippen molar-refractivity contribution in [3.8, 4) is 0 Å². The molecule has 0 bridgehead atoms. The molecular formula is C27H32BClN3. The molecule has 0 amide bonds. The van der Waals surface area contributed by atoms with Crippen LogP contribution in [-0.4, -0.2) is 49.0 Å².